The molecule has 0 bridgehead atoms. The predicted octanol–water partition coefficient (Wildman–Crippen LogP) is 4.10. The van der Waals surface area contributed by atoms with E-state index in [-0.39, 0.29) is 24.5 Å². The number of nitrogens with zero attached hydrogens (tertiary/aromatic N) is 1. The third-order valence-electron chi connectivity index (χ3n) is 3.90. The van der Waals surface area contributed by atoms with Crippen molar-refractivity contribution in [3.05, 3.63) is 65.7 Å². The lowest BCUT2D eigenvalue weighted by Crippen LogP contribution is -2.26. The van der Waals surface area contributed by atoms with Crippen molar-refractivity contribution in [2.45, 2.75) is 32.7 Å². The van der Waals surface area contributed by atoms with Gasteiger partial charge in [0.15, 0.2) is 5.78 Å². The van der Waals surface area contributed by atoms with Crippen LogP contribution in [0, 0.1) is 0 Å². The van der Waals surface area contributed by atoms with Crippen molar-refractivity contribution in [1.82, 2.24) is 4.90 Å². The molecule has 4 heteroatoms. The molecular formula is C21H25NO3. The molecule has 0 atom stereocenters. The van der Waals surface area contributed by atoms with Crippen LogP contribution in [-0.2, 0) is 11.3 Å². The van der Waals surface area contributed by atoms with Gasteiger partial charge in [0.2, 0.25) is 5.91 Å². The highest BCUT2D eigenvalue weighted by molar-refractivity contribution is 5.98. The van der Waals surface area contributed by atoms with Gasteiger partial charge in [-0.2, -0.15) is 0 Å². The first kappa shape index (κ1) is 18.7. The number of Topliss-reactive ketones (excluding diaryl/α,β-unsaturated/α-hetero) is 1. The average Bonchev–Trinajstić information content (AvgIpc) is 2.65. The van der Waals surface area contributed by atoms with Crippen LogP contribution in [0.25, 0.3) is 0 Å². The molecule has 1 amide bonds. The van der Waals surface area contributed by atoms with E-state index in [0.29, 0.717) is 18.7 Å². The summed E-state index contributed by atoms with van der Waals surface area (Å²) in [4.78, 5) is 26.1. The van der Waals surface area contributed by atoms with Gasteiger partial charge in [-0.25, -0.2) is 0 Å². The van der Waals surface area contributed by atoms with Gasteiger partial charge < -0.3 is 9.64 Å². The topological polar surface area (TPSA) is 46.6 Å². The van der Waals surface area contributed by atoms with Gasteiger partial charge in [0.25, 0.3) is 0 Å². The molecule has 2 aromatic carbocycles. The smallest absolute Gasteiger partial charge is 0.223 e. The first-order valence-corrected chi connectivity index (χ1v) is 8.64. The molecule has 2 aromatic rings. The summed E-state index contributed by atoms with van der Waals surface area (Å²) < 4.78 is 5.50. The van der Waals surface area contributed by atoms with E-state index in [9.17, 15) is 9.59 Å². The van der Waals surface area contributed by atoms with Crippen LogP contribution in [0.5, 0.6) is 5.75 Å². The molecule has 0 aliphatic carbocycles. The van der Waals surface area contributed by atoms with Crippen molar-refractivity contribution in [2.75, 3.05) is 13.7 Å². The standard InChI is InChI=1S/C21H25NO3/c1-3-15-25-19-11-9-18(10-12-19)20(23)13-14-21(24)22(2)16-17-7-5-4-6-8-17/h4-12H,3,13-16H2,1-2H3. The predicted molar refractivity (Wildman–Crippen MR) is 98.7 cm³/mol. The molecule has 25 heavy (non-hydrogen) atoms. The van der Waals surface area contributed by atoms with Crippen LogP contribution in [0.2, 0.25) is 0 Å². The molecule has 0 heterocycles. The first-order chi connectivity index (χ1) is 12.1. The lowest BCUT2D eigenvalue weighted by Gasteiger charge is -2.17. The number of carbonyl (C=O) groups is 2. The van der Waals surface area contributed by atoms with Crippen molar-refractivity contribution < 1.29 is 14.3 Å². The van der Waals surface area contributed by atoms with Crippen LogP contribution in [0.3, 0.4) is 0 Å². The molecule has 0 radical (unpaired) electrons. The zero-order valence-corrected chi connectivity index (χ0v) is 14.9. The van der Waals surface area contributed by atoms with E-state index in [1.165, 1.54) is 0 Å². The summed E-state index contributed by atoms with van der Waals surface area (Å²) in [7, 11) is 1.76. The Morgan fingerprint density at radius 1 is 0.960 bits per heavy atom. The summed E-state index contributed by atoms with van der Waals surface area (Å²) in [5, 5.41) is 0. The quantitative estimate of drug-likeness (QED) is 0.646. The Hall–Kier alpha value is -2.62. The van der Waals surface area contributed by atoms with Gasteiger partial charge in [0, 0.05) is 32.0 Å². The Labute approximate surface area is 149 Å². The van der Waals surface area contributed by atoms with Gasteiger partial charge >= 0.3 is 0 Å². The molecule has 0 aromatic heterocycles. The molecule has 0 saturated heterocycles. The molecule has 0 N–H and O–H groups in total. The molecule has 0 aliphatic heterocycles. The van der Waals surface area contributed by atoms with Crippen molar-refractivity contribution in [3.8, 4) is 5.75 Å². The summed E-state index contributed by atoms with van der Waals surface area (Å²) in [5.41, 5.74) is 1.69. The lowest BCUT2D eigenvalue weighted by atomic mass is 10.1. The SMILES string of the molecule is CCCOc1ccc(C(=O)CCC(=O)N(C)Cc2ccccc2)cc1. The van der Waals surface area contributed by atoms with E-state index in [1.54, 1.807) is 36.2 Å². The molecular weight excluding hydrogens is 314 g/mol. The second kappa shape index (κ2) is 9.62. The number of amides is 1. The minimum absolute atomic E-state index is 0.0245. The fraction of sp³-hybridized carbons (Fsp3) is 0.333. The number of ketones is 1. The third-order valence-corrected chi connectivity index (χ3v) is 3.90. The van der Waals surface area contributed by atoms with Gasteiger partial charge in [0.1, 0.15) is 5.75 Å². The Kier molecular flexibility index (Phi) is 7.20. The minimum atomic E-state index is -0.0277. The third kappa shape index (κ3) is 6.07. The largest absolute Gasteiger partial charge is 0.494 e. The monoisotopic (exact) mass is 339 g/mol. The number of ether oxygens (including phenoxy) is 1. The van der Waals surface area contributed by atoms with E-state index < -0.39 is 0 Å². The van der Waals surface area contributed by atoms with E-state index in [0.717, 1.165) is 17.7 Å². The maximum Gasteiger partial charge on any atom is 0.223 e. The van der Waals surface area contributed by atoms with E-state index in [2.05, 4.69) is 0 Å². The lowest BCUT2D eigenvalue weighted by molar-refractivity contribution is -0.130. The molecule has 2 rings (SSSR count). The van der Waals surface area contributed by atoms with Gasteiger partial charge in [-0.05, 0) is 36.2 Å². The Bertz CT molecular complexity index is 680. The molecule has 0 unspecified atom stereocenters. The summed E-state index contributed by atoms with van der Waals surface area (Å²) in [6.45, 7) is 3.26. The molecule has 0 spiro atoms. The summed E-state index contributed by atoms with van der Waals surface area (Å²) in [6, 6.07) is 16.9. The summed E-state index contributed by atoms with van der Waals surface area (Å²) in [5.74, 6) is 0.709. The zero-order valence-electron chi connectivity index (χ0n) is 14.9. The molecule has 4 nitrogen and oxygen atoms in total. The fourth-order valence-electron chi connectivity index (χ4n) is 2.46. The maximum atomic E-state index is 12.2. The minimum Gasteiger partial charge on any atom is -0.494 e. The van der Waals surface area contributed by atoms with Crippen LogP contribution < -0.4 is 4.74 Å². The van der Waals surface area contributed by atoms with Crippen molar-refractivity contribution in [3.63, 3.8) is 0 Å². The van der Waals surface area contributed by atoms with Gasteiger partial charge in [0.05, 0.1) is 6.61 Å². The van der Waals surface area contributed by atoms with Crippen molar-refractivity contribution in [2.24, 2.45) is 0 Å². The van der Waals surface area contributed by atoms with E-state index >= 15 is 0 Å². The number of rotatable bonds is 9. The van der Waals surface area contributed by atoms with Crippen LogP contribution in [0.15, 0.2) is 54.6 Å². The van der Waals surface area contributed by atoms with Crippen LogP contribution in [0.1, 0.15) is 42.1 Å². The van der Waals surface area contributed by atoms with Crippen LogP contribution in [-0.4, -0.2) is 30.2 Å². The van der Waals surface area contributed by atoms with Gasteiger partial charge in [-0.1, -0.05) is 37.3 Å². The number of hydrogen-bond acceptors (Lipinski definition) is 3. The molecule has 132 valence electrons. The number of hydrogen-bond donors (Lipinski definition) is 0. The maximum absolute atomic E-state index is 12.2. The van der Waals surface area contributed by atoms with Gasteiger partial charge in [-0.15, -0.1) is 0 Å². The van der Waals surface area contributed by atoms with E-state index in [1.807, 2.05) is 37.3 Å². The summed E-state index contributed by atoms with van der Waals surface area (Å²) >= 11 is 0. The highest BCUT2D eigenvalue weighted by Crippen LogP contribution is 2.15. The Morgan fingerprint density at radius 3 is 2.28 bits per heavy atom. The highest BCUT2D eigenvalue weighted by atomic mass is 16.5. The Balaban J connectivity index is 1.81. The molecule has 0 aliphatic rings. The van der Waals surface area contributed by atoms with Crippen molar-refractivity contribution in [1.29, 1.82) is 0 Å². The molecule has 0 fully saturated rings. The molecule has 0 saturated carbocycles. The van der Waals surface area contributed by atoms with Crippen molar-refractivity contribution >= 4 is 11.7 Å². The van der Waals surface area contributed by atoms with Crippen LogP contribution >= 0.6 is 0 Å². The first-order valence-electron chi connectivity index (χ1n) is 8.64. The van der Waals surface area contributed by atoms with Gasteiger partial charge in [-0.3, -0.25) is 9.59 Å². The van der Waals surface area contributed by atoms with E-state index in [4.69, 9.17) is 4.74 Å². The second-order valence-electron chi connectivity index (χ2n) is 6.03. The normalized spacial score (nSPS) is 10.3. The highest BCUT2D eigenvalue weighted by Gasteiger charge is 2.13. The summed E-state index contributed by atoms with van der Waals surface area (Å²) in [6.07, 6.45) is 1.38. The zero-order chi connectivity index (χ0) is 18.1. The average molecular weight is 339 g/mol. The number of carbonyl (C=O) groups excluding carboxylic acids is 2. The Morgan fingerprint density at radius 2 is 1.64 bits per heavy atom. The van der Waals surface area contributed by atoms with Crippen LogP contribution in [0.4, 0.5) is 0 Å². The number of benzene rings is 2. The second-order valence-corrected chi connectivity index (χ2v) is 6.03. The fourth-order valence-corrected chi connectivity index (χ4v) is 2.46.